The molecule has 0 aliphatic heterocycles. The number of hydrogen-bond donors (Lipinski definition) is 0. The quantitative estimate of drug-likeness (QED) is 0.167. The molecule has 0 aliphatic rings. The predicted molar refractivity (Wildman–Crippen MR) is 160 cm³/mol. The van der Waals surface area contributed by atoms with Gasteiger partial charge in [-0.2, -0.15) is 0 Å². The molecule has 5 rings (SSSR count). The van der Waals surface area contributed by atoms with E-state index in [4.69, 9.17) is 4.74 Å². The molecule has 2 heteroatoms. The number of ketones is 1. The number of ether oxygens (including phenoxy) is 1. The highest BCUT2D eigenvalue weighted by Crippen LogP contribution is 2.40. The third kappa shape index (κ3) is 6.25. The van der Waals surface area contributed by atoms with Crippen LogP contribution in [-0.2, 0) is 21.6 Å². The van der Waals surface area contributed by atoms with Crippen LogP contribution in [-0.4, -0.2) is 12.4 Å². The van der Waals surface area contributed by atoms with Crippen LogP contribution in [0, 0.1) is 5.92 Å². The van der Waals surface area contributed by atoms with Crippen molar-refractivity contribution in [2.24, 2.45) is 5.92 Å². The monoisotopic (exact) mass is 510 g/mol. The molecule has 1 unspecified atom stereocenters. The molecular formula is C37H34O2. The van der Waals surface area contributed by atoms with Crippen molar-refractivity contribution >= 4 is 5.78 Å². The molecular weight excluding hydrogens is 476 g/mol. The maximum absolute atomic E-state index is 13.1. The van der Waals surface area contributed by atoms with Gasteiger partial charge in [0.1, 0.15) is 11.4 Å². The third-order valence-corrected chi connectivity index (χ3v) is 7.16. The Bertz CT molecular complexity index is 1350. The van der Waals surface area contributed by atoms with E-state index in [1.165, 1.54) is 5.56 Å². The second kappa shape index (κ2) is 12.5. The highest BCUT2D eigenvalue weighted by molar-refractivity contribution is 5.81. The second-order valence-corrected chi connectivity index (χ2v) is 10.2. The summed E-state index contributed by atoms with van der Waals surface area (Å²) < 4.78 is 6.91. The van der Waals surface area contributed by atoms with E-state index in [0.29, 0.717) is 19.4 Å². The topological polar surface area (TPSA) is 26.3 Å². The van der Waals surface area contributed by atoms with E-state index in [1.54, 1.807) is 0 Å². The number of rotatable bonds is 11. The number of Topliss-reactive ketones (excluding diaryl/α,β-unsaturated/α-hetero) is 1. The average Bonchev–Trinajstić information content (AvgIpc) is 3.00. The first-order valence-corrected chi connectivity index (χ1v) is 13.6. The fourth-order valence-corrected chi connectivity index (χ4v) is 5.23. The van der Waals surface area contributed by atoms with Crippen molar-refractivity contribution in [2.75, 3.05) is 6.61 Å². The lowest BCUT2D eigenvalue weighted by atomic mass is 9.80. The van der Waals surface area contributed by atoms with Gasteiger partial charge in [-0.3, -0.25) is 4.79 Å². The van der Waals surface area contributed by atoms with Crippen LogP contribution in [0.5, 0.6) is 0 Å². The van der Waals surface area contributed by atoms with E-state index in [1.807, 2.05) is 36.4 Å². The van der Waals surface area contributed by atoms with Gasteiger partial charge in [-0.15, -0.1) is 0 Å². The SMILES string of the molecule is CC(COC(c1ccccc1)(c1ccccc1)c1ccccc1)CC(=O)Cc1ccc(-c2ccccc2)cc1. The van der Waals surface area contributed by atoms with Gasteiger partial charge in [0, 0.05) is 12.8 Å². The molecule has 0 saturated heterocycles. The Morgan fingerprint density at radius 3 is 1.46 bits per heavy atom. The van der Waals surface area contributed by atoms with E-state index in [-0.39, 0.29) is 11.7 Å². The van der Waals surface area contributed by atoms with Crippen molar-refractivity contribution < 1.29 is 9.53 Å². The zero-order valence-electron chi connectivity index (χ0n) is 22.4. The number of hydrogen-bond acceptors (Lipinski definition) is 2. The fraction of sp³-hybridized carbons (Fsp3) is 0.162. The predicted octanol–water partition coefficient (Wildman–Crippen LogP) is 8.50. The Morgan fingerprint density at radius 1 is 0.590 bits per heavy atom. The van der Waals surface area contributed by atoms with E-state index in [2.05, 4.69) is 116 Å². The third-order valence-electron chi connectivity index (χ3n) is 7.16. The maximum atomic E-state index is 13.1. The molecule has 0 fully saturated rings. The molecule has 39 heavy (non-hydrogen) atoms. The molecule has 0 aliphatic carbocycles. The highest BCUT2D eigenvalue weighted by Gasteiger charge is 2.37. The van der Waals surface area contributed by atoms with Gasteiger partial charge in [-0.05, 0) is 39.3 Å². The van der Waals surface area contributed by atoms with E-state index < -0.39 is 5.60 Å². The second-order valence-electron chi connectivity index (χ2n) is 10.2. The summed E-state index contributed by atoms with van der Waals surface area (Å²) in [5.74, 6) is 0.292. The smallest absolute Gasteiger partial charge is 0.143 e. The molecule has 5 aromatic rings. The van der Waals surface area contributed by atoms with Gasteiger partial charge in [-0.25, -0.2) is 0 Å². The summed E-state index contributed by atoms with van der Waals surface area (Å²) in [5, 5.41) is 0. The largest absolute Gasteiger partial charge is 0.361 e. The molecule has 194 valence electrons. The Kier molecular flexibility index (Phi) is 8.45. The van der Waals surface area contributed by atoms with Crippen LogP contribution < -0.4 is 0 Å². The summed E-state index contributed by atoms with van der Waals surface area (Å²) in [4.78, 5) is 13.1. The van der Waals surface area contributed by atoms with Crippen molar-refractivity contribution in [3.05, 3.63) is 168 Å². The van der Waals surface area contributed by atoms with Gasteiger partial charge in [0.15, 0.2) is 0 Å². The van der Waals surface area contributed by atoms with Gasteiger partial charge < -0.3 is 4.74 Å². The molecule has 0 N–H and O–H groups in total. The molecule has 0 spiro atoms. The normalized spacial score (nSPS) is 12.1. The van der Waals surface area contributed by atoms with Crippen LogP contribution in [0.1, 0.15) is 35.6 Å². The lowest BCUT2D eigenvalue weighted by molar-refractivity contribution is -0.120. The molecule has 0 bridgehead atoms. The van der Waals surface area contributed by atoms with Gasteiger partial charge in [0.05, 0.1) is 6.61 Å². The summed E-state index contributed by atoms with van der Waals surface area (Å²) in [6, 6.07) is 49.7. The standard InChI is InChI=1S/C37H34O2/c1-29(26-36(38)27-30-22-24-32(25-23-30)31-14-6-2-7-15-31)28-39-37(33-16-8-3-9-17-33,34-18-10-4-11-19-34)35-20-12-5-13-21-35/h2-25,29H,26-28H2,1H3. The van der Waals surface area contributed by atoms with Gasteiger partial charge in [0.2, 0.25) is 0 Å². The fourth-order valence-electron chi connectivity index (χ4n) is 5.23. The minimum absolute atomic E-state index is 0.0663. The Labute approximate surface area is 231 Å². The van der Waals surface area contributed by atoms with Gasteiger partial charge >= 0.3 is 0 Å². The number of benzene rings is 5. The zero-order valence-corrected chi connectivity index (χ0v) is 22.4. The zero-order chi connectivity index (χ0) is 26.9. The van der Waals surface area contributed by atoms with Crippen LogP contribution >= 0.6 is 0 Å². The van der Waals surface area contributed by atoms with Crippen molar-refractivity contribution in [3.8, 4) is 11.1 Å². The minimum Gasteiger partial charge on any atom is -0.361 e. The summed E-state index contributed by atoms with van der Waals surface area (Å²) in [6.07, 6.45) is 0.898. The number of carbonyl (C=O) groups is 1. The molecule has 0 heterocycles. The minimum atomic E-state index is -0.769. The molecule has 2 nitrogen and oxygen atoms in total. The van der Waals surface area contributed by atoms with Crippen molar-refractivity contribution in [1.29, 1.82) is 0 Å². The Morgan fingerprint density at radius 2 is 1.00 bits per heavy atom. The summed E-state index contributed by atoms with van der Waals surface area (Å²) >= 11 is 0. The first-order valence-electron chi connectivity index (χ1n) is 13.6. The summed E-state index contributed by atoms with van der Waals surface area (Å²) in [7, 11) is 0. The van der Waals surface area contributed by atoms with Crippen molar-refractivity contribution in [2.45, 2.75) is 25.4 Å². The first kappa shape index (κ1) is 26.3. The van der Waals surface area contributed by atoms with Crippen molar-refractivity contribution in [1.82, 2.24) is 0 Å². The van der Waals surface area contributed by atoms with Crippen LogP contribution in [0.3, 0.4) is 0 Å². The first-order chi connectivity index (χ1) is 19.1. The lowest BCUT2D eigenvalue weighted by Crippen LogP contribution is -2.34. The molecule has 5 aromatic carbocycles. The van der Waals surface area contributed by atoms with Crippen LogP contribution in [0.25, 0.3) is 11.1 Å². The molecule has 0 saturated carbocycles. The van der Waals surface area contributed by atoms with Crippen LogP contribution in [0.2, 0.25) is 0 Å². The Balaban J connectivity index is 1.31. The summed E-state index contributed by atoms with van der Waals surface area (Å²) in [5.41, 5.74) is 5.82. The molecule has 1 atom stereocenters. The number of carbonyl (C=O) groups excluding carboxylic acids is 1. The van der Waals surface area contributed by atoms with Gasteiger partial charge in [-0.1, -0.05) is 153 Å². The van der Waals surface area contributed by atoms with Crippen LogP contribution in [0.15, 0.2) is 146 Å². The maximum Gasteiger partial charge on any atom is 0.143 e. The van der Waals surface area contributed by atoms with E-state index >= 15 is 0 Å². The molecule has 0 aromatic heterocycles. The average molecular weight is 511 g/mol. The van der Waals surface area contributed by atoms with Crippen LogP contribution in [0.4, 0.5) is 0 Å². The Hall–Kier alpha value is -4.27. The van der Waals surface area contributed by atoms with E-state index in [9.17, 15) is 4.79 Å². The van der Waals surface area contributed by atoms with Gasteiger partial charge in [0.25, 0.3) is 0 Å². The lowest BCUT2D eigenvalue weighted by Gasteiger charge is -2.36. The highest BCUT2D eigenvalue weighted by atomic mass is 16.5. The molecule has 0 radical (unpaired) electrons. The molecule has 0 amide bonds. The van der Waals surface area contributed by atoms with Crippen molar-refractivity contribution in [3.63, 3.8) is 0 Å². The van der Waals surface area contributed by atoms with E-state index in [0.717, 1.165) is 27.8 Å². The summed E-state index contributed by atoms with van der Waals surface area (Å²) in [6.45, 7) is 2.56.